The topological polar surface area (TPSA) is 53.2 Å². The van der Waals surface area contributed by atoms with Crippen molar-refractivity contribution in [3.05, 3.63) is 29.6 Å². The van der Waals surface area contributed by atoms with Crippen molar-refractivity contribution in [3.8, 4) is 11.8 Å². The third kappa shape index (κ3) is 2.99. The highest BCUT2D eigenvalue weighted by atomic mass is 19.1. The molecule has 2 atom stereocenters. The van der Waals surface area contributed by atoms with Gasteiger partial charge in [0.05, 0.1) is 19.3 Å². The predicted octanol–water partition coefficient (Wildman–Crippen LogP) is 2.85. The minimum absolute atomic E-state index is 0.377. The van der Waals surface area contributed by atoms with Gasteiger partial charge >= 0.3 is 0 Å². The Balaban J connectivity index is 3.25. The fourth-order valence-corrected chi connectivity index (χ4v) is 1.76. The van der Waals surface area contributed by atoms with E-state index in [0.717, 1.165) is 0 Å². The lowest BCUT2D eigenvalue weighted by molar-refractivity contribution is 0.0521. The molecule has 0 aliphatic carbocycles. The molecule has 3 nitrogen and oxygen atoms in total. The number of hydrogen-bond donors (Lipinski definition) is 1. The molecule has 4 heteroatoms. The zero-order chi connectivity index (χ0) is 13.9. The normalized spacial score (nSPS) is 14.7. The molecule has 1 aromatic carbocycles. The summed E-state index contributed by atoms with van der Waals surface area (Å²) in [6, 6.07) is 5.99. The highest BCUT2D eigenvalue weighted by Crippen LogP contribution is 2.36. The molecule has 0 aromatic heterocycles. The first-order valence-electron chi connectivity index (χ1n) is 5.72. The zero-order valence-corrected chi connectivity index (χ0v) is 11.1. The molecule has 0 fully saturated rings. The van der Waals surface area contributed by atoms with Crippen LogP contribution in [0.1, 0.15) is 32.3 Å². The van der Waals surface area contributed by atoms with E-state index in [-0.39, 0.29) is 0 Å². The minimum atomic E-state index is -0.904. The van der Waals surface area contributed by atoms with Crippen LogP contribution in [0.5, 0.6) is 5.75 Å². The van der Waals surface area contributed by atoms with E-state index in [0.29, 0.717) is 11.3 Å². The smallest absolute Gasteiger partial charge is 0.123 e. The number of ether oxygens (including phenoxy) is 1. The number of aliphatic hydroxyl groups is 1. The third-order valence-corrected chi connectivity index (χ3v) is 2.87. The van der Waals surface area contributed by atoms with Crippen LogP contribution in [0, 0.1) is 22.6 Å². The van der Waals surface area contributed by atoms with Crippen LogP contribution in [0.15, 0.2) is 18.2 Å². The lowest BCUT2D eigenvalue weighted by Gasteiger charge is -2.30. The van der Waals surface area contributed by atoms with Gasteiger partial charge in [-0.25, -0.2) is 4.39 Å². The van der Waals surface area contributed by atoms with Crippen LogP contribution in [0.2, 0.25) is 0 Å². The predicted molar refractivity (Wildman–Crippen MR) is 66.8 cm³/mol. The summed E-state index contributed by atoms with van der Waals surface area (Å²) in [7, 11) is 1.45. The molecule has 18 heavy (non-hydrogen) atoms. The van der Waals surface area contributed by atoms with Crippen molar-refractivity contribution >= 4 is 0 Å². The molecule has 98 valence electrons. The lowest BCUT2D eigenvalue weighted by atomic mass is 9.78. The maximum atomic E-state index is 13.3. The molecular weight excluding hydrogens is 233 g/mol. The van der Waals surface area contributed by atoms with Gasteiger partial charge in [-0.05, 0) is 23.6 Å². The highest BCUT2D eigenvalue weighted by molar-refractivity contribution is 5.40. The van der Waals surface area contributed by atoms with Gasteiger partial charge in [-0.2, -0.15) is 5.26 Å². The van der Waals surface area contributed by atoms with E-state index in [4.69, 9.17) is 4.74 Å². The van der Waals surface area contributed by atoms with E-state index >= 15 is 0 Å². The molecule has 0 saturated heterocycles. The SMILES string of the molecule is COc1ccc(F)cc1C(C#N)C(O)C(C)(C)C. The Morgan fingerprint density at radius 2 is 2.00 bits per heavy atom. The lowest BCUT2D eigenvalue weighted by Crippen LogP contribution is -2.32. The van der Waals surface area contributed by atoms with Crippen molar-refractivity contribution in [2.45, 2.75) is 32.8 Å². The van der Waals surface area contributed by atoms with Crippen LogP contribution in [-0.4, -0.2) is 18.3 Å². The molecule has 1 N–H and O–H groups in total. The number of methoxy groups -OCH3 is 1. The third-order valence-electron chi connectivity index (χ3n) is 2.87. The largest absolute Gasteiger partial charge is 0.496 e. The second kappa shape index (κ2) is 5.36. The van der Waals surface area contributed by atoms with Gasteiger partial charge in [0.1, 0.15) is 17.5 Å². The van der Waals surface area contributed by atoms with Crippen molar-refractivity contribution in [2.75, 3.05) is 7.11 Å². The van der Waals surface area contributed by atoms with Crippen LogP contribution < -0.4 is 4.74 Å². The summed E-state index contributed by atoms with van der Waals surface area (Å²) in [6.45, 7) is 5.48. The molecular formula is C14H18FNO2. The monoisotopic (exact) mass is 251 g/mol. The minimum Gasteiger partial charge on any atom is -0.496 e. The fourth-order valence-electron chi connectivity index (χ4n) is 1.76. The van der Waals surface area contributed by atoms with Gasteiger partial charge in [-0.1, -0.05) is 20.8 Å². The number of hydrogen-bond acceptors (Lipinski definition) is 3. The summed E-state index contributed by atoms with van der Waals surface area (Å²) in [5, 5.41) is 19.4. The second-order valence-electron chi connectivity index (χ2n) is 5.30. The van der Waals surface area contributed by atoms with E-state index in [9.17, 15) is 14.8 Å². The molecule has 0 amide bonds. The molecule has 0 aliphatic heterocycles. The number of rotatable bonds is 3. The summed E-state index contributed by atoms with van der Waals surface area (Å²) in [4.78, 5) is 0. The molecule has 2 unspecified atom stereocenters. The van der Waals surface area contributed by atoms with Crippen LogP contribution >= 0.6 is 0 Å². The maximum absolute atomic E-state index is 13.3. The zero-order valence-electron chi connectivity index (χ0n) is 11.1. The molecule has 0 bridgehead atoms. The Labute approximate surface area is 107 Å². The van der Waals surface area contributed by atoms with Crippen molar-refractivity contribution < 1.29 is 14.2 Å². The van der Waals surface area contributed by atoms with Crippen LogP contribution in [0.4, 0.5) is 4.39 Å². The maximum Gasteiger partial charge on any atom is 0.123 e. The van der Waals surface area contributed by atoms with Crippen LogP contribution in [0.3, 0.4) is 0 Å². The van der Waals surface area contributed by atoms with Gasteiger partial charge in [0.25, 0.3) is 0 Å². The second-order valence-corrected chi connectivity index (χ2v) is 5.30. The summed E-state index contributed by atoms with van der Waals surface area (Å²) >= 11 is 0. The van der Waals surface area contributed by atoms with E-state index in [1.54, 1.807) is 0 Å². The van der Waals surface area contributed by atoms with E-state index in [1.165, 1.54) is 25.3 Å². The average molecular weight is 251 g/mol. The van der Waals surface area contributed by atoms with Gasteiger partial charge in [0.15, 0.2) is 0 Å². The first-order chi connectivity index (χ1) is 8.31. The Bertz CT molecular complexity index is 460. The van der Waals surface area contributed by atoms with E-state index in [2.05, 4.69) is 0 Å². The van der Waals surface area contributed by atoms with Gasteiger partial charge in [-0.15, -0.1) is 0 Å². The molecule has 1 aromatic rings. The van der Waals surface area contributed by atoms with Gasteiger partial charge in [0.2, 0.25) is 0 Å². The Kier molecular flexibility index (Phi) is 4.31. The quantitative estimate of drug-likeness (QED) is 0.898. The average Bonchev–Trinajstić information content (AvgIpc) is 2.29. The van der Waals surface area contributed by atoms with E-state index < -0.39 is 23.3 Å². The molecule has 0 heterocycles. The fraction of sp³-hybridized carbons (Fsp3) is 0.500. The first-order valence-corrected chi connectivity index (χ1v) is 5.72. The molecule has 1 rings (SSSR count). The van der Waals surface area contributed by atoms with Crippen LogP contribution in [0.25, 0.3) is 0 Å². The number of halogens is 1. The number of aliphatic hydroxyl groups excluding tert-OH is 1. The van der Waals surface area contributed by atoms with Crippen LogP contribution in [-0.2, 0) is 0 Å². The van der Waals surface area contributed by atoms with E-state index in [1.807, 2.05) is 26.8 Å². The summed E-state index contributed by atoms with van der Waals surface area (Å²) in [5.74, 6) is -0.867. The standard InChI is InChI=1S/C14H18FNO2/c1-14(2,3)13(17)11(8-16)10-7-9(15)5-6-12(10)18-4/h5-7,11,13,17H,1-4H3. The molecule has 0 radical (unpaired) electrons. The number of nitrogens with zero attached hydrogens (tertiary/aromatic N) is 1. The van der Waals surface area contributed by atoms with Gasteiger partial charge < -0.3 is 9.84 Å². The molecule has 0 saturated carbocycles. The van der Waals surface area contributed by atoms with Gasteiger partial charge in [0, 0.05) is 5.56 Å². The number of benzene rings is 1. The highest BCUT2D eigenvalue weighted by Gasteiger charge is 2.33. The Hall–Kier alpha value is -1.60. The Morgan fingerprint density at radius 1 is 1.39 bits per heavy atom. The molecule has 0 aliphatic rings. The van der Waals surface area contributed by atoms with Crippen molar-refractivity contribution in [2.24, 2.45) is 5.41 Å². The van der Waals surface area contributed by atoms with Gasteiger partial charge in [-0.3, -0.25) is 0 Å². The number of nitriles is 1. The first kappa shape index (κ1) is 14.5. The van der Waals surface area contributed by atoms with Crippen molar-refractivity contribution in [1.82, 2.24) is 0 Å². The molecule has 0 spiro atoms. The summed E-state index contributed by atoms with van der Waals surface area (Å²) in [5.41, 5.74) is -0.0972. The summed E-state index contributed by atoms with van der Waals surface area (Å²) in [6.07, 6.45) is -0.904. The summed E-state index contributed by atoms with van der Waals surface area (Å²) < 4.78 is 18.4. The Morgan fingerprint density at radius 3 is 2.44 bits per heavy atom. The van der Waals surface area contributed by atoms with Crippen molar-refractivity contribution in [3.63, 3.8) is 0 Å². The van der Waals surface area contributed by atoms with Crippen molar-refractivity contribution in [1.29, 1.82) is 5.26 Å².